The van der Waals surface area contributed by atoms with Crippen molar-refractivity contribution in [2.75, 3.05) is 0 Å². The summed E-state index contributed by atoms with van der Waals surface area (Å²) < 4.78 is 37.2. The minimum absolute atomic E-state index is 0.157. The summed E-state index contributed by atoms with van der Waals surface area (Å²) in [6, 6.07) is 5.60. The third-order valence-corrected chi connectivity index (χ3v) is 2.35. The molecule has 1 unspecified atom stereocenters. The standard InChI is InChI=1S/C12H11F3O2/c1-8(12(13,14)15)10-5-2-9(3-6-10)4-7-11(16)17/h2-8H,1H3,(H,16,17). The number of benzene rings is 1. The van der Waals surface area contributed by atoms with E-state index >= 15 is 0 Å². The van der Waals surface area contributed by atoms with E-state index in [0.29, 0.717) is 5.56 Å². The molecule has 1 aromatic rings. The van der Waals surface area contributed by atoms with Crippen molar-refractivity contribution < 1.29 is 23.1 Å². The van der Waals surface area contributed by atoms with Gasteiger partial charge in [-0.15, -0.1) is 0 Å². The third kappa shape index (κ3) is 3.94. The molecule has 0 saturated carbocycles. The van der Waals surface area contributed by atoms with Gasteiger partial charge in [0.15, 0.2) is 0 Å². The van der Waals surface area contributed by atoms with E-state index in [2.05, 4.69) is 0 Å². The molecule has 0 saturated heterocycles. The zero-order valence-electron chi connectivity index (χ0n) is 9.03. The van der Waals surface area contributed by atoms with Gasteiger partial charge in [-0.2, -0.15) is 13.2 Å². The highest BCUT2D eigenvalue weighted by molar-refractivity contribution is 5.85. The van der Waals surface area contributed by atoms with Gasteiger partial charge in [0.25, 0.3) is 0 Å². The zero-order chi connectivity index (χ0) is 13.1. The lowest BCUT2D eigenvalue weighted by Crippen LogP contribution is -2.17. The van der Waals surface area contributed by atoms with Gasteiger partial charge in [-0.3, -0.25) is 0 Å². The van der Waals surface area contributed by atoms with Crippen molar-refractivity contribution in [3.05, 3.63) is 41.5 Å². The van der Waals surface area contributed by atoms with Crippen LogP contribution < -0.4 is 0 Å². The van der Waals surface area contributed by atoms with Crippen molar-refractivity contribution in [1.29, 1.82) is 0 Å². The van der Waals surface area contributed by atoms with Gasteiger partial charge in [0.2, 0.25) is 0 Å². The van der Waals surface area contributed by atoms with Crippen molar-refractivity contribution in [2.24, 2.45) is 0 Å². The van der Waals surface area contributed by atoms with Crippen LogP contribution in [-0.4, -0.2) is 17.3 Å². The van der Waals surface area contributed by atoms with Gasteiger partial charge in [-0.1, -0.05) is 24.3 Å². The molecule has 5 heteroatoms. The van der Waals surface area contributed by atoms with E-state index in [-0.39, 0.29) is 5.56 Å². The molecule has 0 fully saturated rings. The van der Waals surface area contributed by atoms with Crippen LogP contribution in [0.5, 0.6) is 0 Å². The lowest BCUT2D eigenvalue weighted by molar-refractivity contribution is -0.146. The molecule has 1 atom stereocenters. The minimum Gasteiger partial charge on any atom is -0.478 e. The SMILES string of the molecule is CC(c1ccc(C=CC(=O)O)cc1)C(F)(F)F. The topological polar surface area (TPSA) is 37.3 Å². The first kappa shape index (κ1) is 13.3. The van der Waals surface area contributed by atoms with Gasteiger partial charge >= 0.3 is 12.1 Å². The predicted molar refractivity (Wildman–Crippen MR) is 57.6 cm³/mol. The summed E-state index contributed by atoms with van der Waals surface area (Å²) in [5.41, 5.74) is 0.704. The van der Waals surface area contributed by atoms with Crippen LogP contribution in [0.15, 0.2) is 30.3 Å². The molecular weight excluding hydrogens is 233 g/mol. The first-order chi connectivity index (χ1) is 7.80. The van der Waals surface area contributed by atoms with Crippen molar-refractivity contribution in [3.8, 4) is 0 Å². The number of halogens is 3. The molecule has 0 radical (unpaired) electrons. The Morgan fingerprint density at radius 2 is 1.82 bits per heavy atom. The van der Waals surface area contributed by atoms with E-state index in [1.54, 1.807) is 0 Å². The maximum atomic E-state index is 12.4. The number of rotatable bonds is 3. The molecule has 1 rings (SSSR count). The number of carboxylic acids is 1. The summed E-state index contributed by atoms with van der Waals surface area (Å²) in [6.07, 6.45) is -2.01. The van der Waals surface area contributed by atoms with Crippen LogP contribution in [0.3, 0.4) is 0 Å². The summed E-state index contributed by atoms with van der Waals surface area (Å²) >= 11 is 0. The summed E-state index contributed by atoms with van der Waals surface area (Å²) in [4.78, 5) is 10.2. The molecule has 2 nitrogen and oxygen atoms in total. The molecule has 1 aromatic carbocycles. The van der Waals surface area contributed by atoms with E-state index in [1.165, 1.54) is 30.3 Å². The molecule has 0 aliphatic carbocycles. The van der Waals surface area contributed by atoms with E-state index in [1.807, 2.05) is 0 Å². The molecule has 0 spiro atoms. The van der Waals surface area contributed by atoms with E-state index in [0.717, 1.165) is 13.0 Å². The molecule has 0 aromatic heterocycles. The highest BCUT2D eigenvalue weighted by Gasteiger charge is 2.36. The maximum Gasteiger partial charge on any atom is 0.395 e. The second-order valence-corrected chi connectivity index (χ2v) is 3.60. The fourth-order valence-electron chi connectivity index (χ4n) is 1.25. The molecule has 0 amide bonds. The van der Waals surface area contributed by atoms with Crippen molar-refractivity contribution in [2.45, 2.75) is 19.0 Å². The normalized spacial score (nSPS) is 13.9. The molecule has 0 aliphatic heterocycles. The highest BCUT2D eigenvalue weighted by atomic mass is 19.4. The second kappa shape index (κ2) is 5.03. The van der Waals surface area contributed by atoms with Gasteiger partial charge in [0.05, 0.1) is 5.92 Å². The molecular formula is C12H11F3O2. The van der Waals surface area contributed by atoms with Crippen LogP contribution in [0, 0.1) is 0 Å². The molecule has 1 N–H and O–H groups in total. The van der Waals surface area contributed by atoms with Crippen LogP contribution in [-0.2, 0) is 4.79 Å². The van der Waals surface area contributed by atoms with Gasteiger partial charge in [-0.25, -0.2) is 4.79 Å². The second-order valence-electron chi connectivity index (χ2n) is 3.60. The summed E-state index contributed by atoms with van der Waals surface area (Å²) in [7, 11) is 0. The first-order valence-corrected chi connectivity index (χ1v) is 4.88. The largest absolute Gasteiger partial charge is 0.478 e. The zero-order valence-corrected chi connectivity index (χ0v) is 9.03. The van der Waals surface area contributed by atoms with Crippen LogP contribution >= 0.6 is 0 Å². The average Bonchev–Trinajstić information content (AvgIpc) is 2.25. The van der Waals surface area contributed by atoms with Gasteiger partial charge in [-0.05, 0) is 24.1 Å². The summed E-state index contributed by atoms with van der Waals surface area (Å²) in [5.74, 6) is -2.63. The Labute approximate surface area is 96.4 Å². The number of hydrogen-bond donors (Lipinski definition) is 1. The Balaban J connectivity index is 2.85. The van der Waals surface area contributed by atoms with Crippen LogP contribution in [0.25, 0.3) is 6.08 Å². The predicted octanol–water partition coefficient (Wildman–Crippen LogP) is 3.45. The molecule has 17 heavy (non-hydrogen) atoms. The quantitative estimate of drug-likeness (QED) is 0.827. The van der Waals surface area contributed by atoms with Crippen LogP contribution in [0.1, 0.15) is 24.0 Å². The summed E-state index contributed by atoms with van der Waals surface area (Å²) in [5, 5.41) is 8.39. The number of aliphatic carboxylic acids is 1. The fraction of sp³-hybridized carbons (Fsp3) is 0.250. The molecule has 92 valence electrons. The van der Waals surface area contributed by atoms with E-state index < -0.39 is 18.1 Å². The number of carboxylic acid groups (broad SMARTS) is 1. The van der Waals surface area contributed by atoms with Gasteiger partial charge in [0, 0.05) is 6.08 Å². The highest BCUT2D eigenvalue weighted by Crippen LogP contribution is 2.34. The smallest absolute Gasteiger partial charge is 0.395 e. The van der Waals surface area contributed by atoms with Gasteiger partial charge in [0.1, 0.15) is 0 Å². The fourth-order valence-corrected chi connectivity index (χ4v) is 1.25. The van der Waals surface area contributed by atoms with E-state index in [4.69, 9.17) is 5.11 Å². The third-order valence-electron chi connectivity index (χ3n) is 2.35. The first-order valence-electron chi connectivity index (χ1n) is 4.88. The Kier molecular flexibility index (Phi) is 3.93. The average molecular weight is 244 g/mol. The van der Waals surface area contributed by atoms with Gasteiger partial charge < -0.3 is 5.11 Å². The Bertz CT molecular complexity index is 418. The number of hydrogen-bond acceptors (Lipinski definition) is 1. The lowest BCUT2D eigenvalue weighted by Gasteiger charge is -2.15. The number of carbonyl (C=O) groups is 1. The van der Waals surface area contributed by atoms with Crippen LogP contribution in [0.2, 0.25) is 0 Å². The molecule has 0 aliphatic rings. The Morgan fingerprint density at radius 3 is 2.24 bits per heavy atom. The molecule has 0 heterocycles. The molecule has 0 bridgehead atoms. The summed E-state index contributed by atoms with van der Waals surface area (Å²) in [6.45, 7) is 1.09. The Hall–Kier alpha value is -1.78. The van der Waals surface area contributed by atoms with Crippen molar-refractivity contribution in [1.82, 2.24) is 0 Å². The van der Waals surface area contributed by atoms with Crippen molar-refractivity contribution in [3.63, 3.8) is 0 Å². The van der Waals surface area contributed by atoms with Crippen LogP contribution in [0.4, 0.5) is 13.2 Å². The number of alkyl halides is 3. The lowest BCUT2D eigenvalue weighted by atomic mass is 9.99. The van der Waals surface area contributed by atoms with Crippen molar-refractivity contribution >= 4 is 12.0 Å². The minimum atomic E-state index is -4.27. The maximum absolute atomic E-state index is 12.4. The monoisotopic (exact) mass is 244 g/mol. The Morgan fingerprint density at radius 1 is 1.29 bits per heavy atom. The van der Waals surface area contributed by atoms with E-state index in [9.17, 15) is 18.0 Å².